The van der Waals surface area contributed by atoms with Crippen LogP contribution in [0.25, 0.3) is 0 Å². The summed E-state index contributed by atoms with van der Waals surface area (Å²) in [6.45, 7) is 3.64. The van der Waals surface area contributed by atoms with Gasteiger partial charge in [-0.05, 0) is 25.7 Å². The first-order valence-corrected chi connectivity index (χ1v) is 4.21. The molecule has 2 fully saturated rings. The maximum atomic E-state index is 11.1. The molecule has 11 heavy (non-hydrogen) atoms. The van der Waals surface area contributed by atoms with Crippen molar-refractivity contribution in [2.75, 3.05) is 13.1 Å². The Hall–Kier alpha value is -0.730. The fraction of sp³-hybridized carbons (Fsp3) is 0.875. The van der Waals surface area contributed by atoms with E-state index in [4.69, 9.17) is 4.74 Å². The Balaban J connectivity index is 1.87. The van der Waals surface area contributed by atoms with E-state index in [1.807, 2.05) is 11.8 Å². The summed E-state index contributed by atoms with van der Waals surface area (Å²) >= 11 is 0. The van der Waals surface area contributed by atoms with Crippen molar-refractivity contribution >= 4 is 6.09 Å². The van der Waals surface area contributed by atoms with Crippen molar-refractivity contribution in [2.24, 2.45) is 5.92 Å². The SMILES string of the molecule is C[C@@H]1CN(CC2CC2)C(=O)O1. The average molecular weight is 155 g/mol. The smallest absolute Gasteiger partial charge is 0.410 e. The van der Waals surface area contributed by atoms with Gasteiger partial charge in [0.15, 0.2) is 0 Å². The Morgan fingerprint density at radius 2 is 2.36 bits per heavy atom. The summed E-state index contributed by atoms with van der Waals surface area (Å²) < 4.78 is 4.99. The fourth-order valence-corrected chi connectivity index (χ4v) is 1.43. The molecule has 3 nitrogen and oxygen atoms in total. The van der Waals surface area contributed by atoms with Crippen molar-refractivity contribution < 1.29 is 9.53 Å². The van der Waals surface area contributed by atoms with E-state index < -0.39 is 0 Å². The first-order chi connectivity index (χ1) is 5.25. The summed E-state index contributed by atoms with van der Waals surface area (Å²) in [5.41, 5.74) is 0. The third-order valence-electron chi connectivity index (χ3n) is 2.21. The normalized spacial score (nSPS) is 30.8. The van der Waals surface area contributed by atoms with Crippen LogP contribution in [0.2, 0.25) is 0 Å². The van der Waals surface area contributed by atoms with Crippen LogP contribution in [0.3, 0.4) is 0 Å². The van der Waals surface area contributed by atoms with Crippen LogP contribution in [0.15, 0.2) is 0 Å². The van der Waals surface area contributed by atoms with Crippen molar-refractivity contribution in [3.05, 3.63) is 0 Å². The molecule has 0 aromatic rings. The molecule has 2 aliphatic rings. The minimum absolute atomic E-state index is 0.0984. The van der Waals surface area contributed by atoms with Crippen LogP contribution in [-0.2, 0) is 4.74 Å². The van der Waals surface area contributed by atoms with Gasteiger partial charge in [-0.25, -0.2) is 4.79 Å². The summed E-state index contributed by atoms with van der Waals surface area (Å²) in [6.07, 6.45) is 2.56. The number of rotatable bonds is 2. The van der Waals surface area contributed by atoms with Gasteiger partial charge in [0.25, 0.3) is 0 Å². The summed E-state index contributed by atoms with van der Waals surface area (Å²) in [5, 5.41) is 0. The molecule has 2 rings (SSSR count). The third kappa shape index (κ3) is 1.47. The maximum Gasteiger partial charge on any atom is 0.410 e. The number of amides is 1. The first-order valence-electron chi connectivity index (χ1n) is 4.21. The maximum absolute atomic E-state index is 11.1. The van der Waals surface area contributed by atoms with Gasteiger partial charge in [-0.3, -0.25) is 0 Å². The molecule has 0 radical (unpaired) electrons. The zero-order chi connectivity index (χ0) is 7.84. The quantitative estimate of drug-likeness (QED) is 0.600. The molecule has 0 aromatic carbocycles. The van der Waals surface area contributed by atoms with E-state index >= 15 is 0 Å². The highest BCUT2D eigenvalue weighted by atomic mass is 16.6. The van der Waals surface area contributed by atoms with Crippen LogP contribution in [0.1, 0.15) is 19.8 Å². The predicted molar refractivity (Wildman–Crippen MR) is 40.2 cm³/mol. The molecular weight excluding hydrogens is 142 g/mol. The van der Waals surface area contributed by atoms with Crippen molar-refractivity contribution in [3.8, 4) is 0 Å². The van der Waals surface area contributed by atoms with Crippen LogP contribution >= 0.6 is 0 Å². The molecule has 0 spiro atoms. The molecule has 1 heterocycles. The minimum Gasteiger partial charge on any atom is -0.445 e. The standard InChI is InChI=1S/C8H13NO2/c1-6-4-9(8(10)11-6)5-7-2-3-7/h6-7H,2-5H2,1H3/t6-/m1/s1. The van der Waals surface area contributed by atoms with E-state index in [0.717, 1.165) is 19.0 Å². The second kappa shape index (κ2) is 2.40. The van der Waals surface area contributed by atoms with Crippen LogP contribution in [0.5, 0.6) is 0 Å². The Bertz CT molecular complexity index is 177. The van der Waals surface area contributed by atoms with Gasteiger partial charge in [0, 0.05) is 6.54 Å². The van der Waals surface area contributed by atoms with Crippen LogP contribution in [-0.4, -0.2) is 30.2 Å². The highest BCUT2D eigenvalue weighted by Crippen LogP contribution is 2.30. The van der Waals surface area contributed by atoms with Crippen molar-refractivity contribution in [2.45, 2.75) is 25.9 Å². The van der Waals surface area contributed by atoms with E-state index in [9.17, 15) is 4.79 Å². The molecule has 1 saturated carbocycles. The molecule has 0 unspecified atom stereocenters. The predicted octanol–water partition coefficient (Wildman–Crippen LogP) is 1.24. The largest absolute Gasteiger partial charge is 0.445 e. The highest BCUT2D eigenvalue weighted by molar-refractivity contribution is 5.69. The number of nitrogens with zero attached hydrogens (tertiary/aromatic N) is 1. The van der Waals surface area contributed by atoms with Crippen LogP contribution in [0, 0.1) is 5.92 Å². The Kier molecular flexibility index (Phi) is 1.51. The molecule has 1 aliphatic heterocycles. The van der Waals surface area contributed by atoms with E-state index in [0.29, 0.717) is 0 Å². The van der Waals surface area contributed by atoms with Crippen LogP contribution in [0.4, 0.5) is 4.79 Å². The zero-order valence-corrected chi connectivity index (χ0v) is 6.75. The second-order valence-corrected chi connectivity index (χ2v) is 3.54. The minimum atomic E-state index is -0.121. The van der Waals surface area contributed by atoms with E-state index in [1.54, 1.807) is 0 Å². The van der Waals surface area contributed by atoms with Crippen LogP contribution < -0.4 is 0 Å². The number of hydrogen-bond donors (Lipinski definition) is 0. The van der Waals surface area contributed by atoms with Gasteiger partial charge in [0.1, 0.15) is 6.10 Å². The van der Waals surface area contributed by atoms with Crippen molar-refractivity contribution in [1.29, 1.82) is 0 Å². The fourth-order valence-electron chi connectivity index (χ4n) is 1.43. The summed E-state index contributed by atoms with van der Waals surface area (Å²) in [7, 11) is 0. The van der Waals surface area contributed by atoms with Gasteiger partial charge in [0.2, 0.25) is 0 Å². The van der Waals surface area contributed by atoms with E-state index in [-0.39, 0.29) is 12.2 Å². The third-order valence-corrected chi connectivity index (χ3v) is 2.21. The number of cyclic esters (lactones) is 1. The number of ether oxygens (including phenoxy) is 1. The van der Waals surface area contributed by atoms with Gasteiger partial charge in [-0.1, -0.05) is 0 Å². The monoisotopic (exact) mass is 155 g/mol. The van der Waals surface area contributed by atoms with Gasteiger partial charge in [0.05, 0.1) is 6.54 Å². The molecule has 1 amide bonds. The Morgan fingerprint density at radius 1 is 1.64 bits per heavy atom. The van der Waals surface area contributed by atoms with Gasteiger partial charge in [-0.15, -0.1) is 0 Å². The molecule has 0 aromatic heterocycles. The average Bonchev–Trinajstić information content (AvgIpc) is 2.64. The lowest BCUT2D eigenvalue weighted by Crippen LogP contribution is -2.26. The topological polar surface area (TPSA) is 29.5 Å². The lowest BCUT2D eigenvalue weighted by molar-refractivity contribution is 0.138. The number of hydrogen-bond acceptors (Lipinski definition) is 2. The molecule has 0 bridgehead atoms. The molecule has 0 N–H and O–H groups in total. The van der Waals surface area contributed by atoms with E-state index in [1.165, 1.54) is 12.8 Å². The Morgan fingerprint density at radius 3 is 2.82 bits per heavy atom. The molecule has 1 aliphatic carbocycles. The molecule has 3 heteroatoms. The van der Waals surface area contributed by atoms with E-state index in [2.05, 4.69) is 0 Å². The van der Waals surface area contributed by atoms with Crippen molar-refractivity contribution in [1.82, 2.24) is 4.90 Å². The number of carbonyl (C=O) groups is 1. The van der Waals surface area contributed by atoms with Crippen molar-refractivity contribution in [3.63, 3.8) is 0 Å². The molecule has 62 valence electrons. The van der Waals surface area contributed by atoms with Gasteiger partial charge in [-0.2, -0.15) is 0 Å². The summed E-state index contributed by atoms with van der Waals surface area (Å²) in [5.74, 6) is 0.771. The second-order valence-electron chi connectivity index (χ2n) is 3.54. The summed E-state index contributed by atoms with van der Waals surface area (Å²) in [6, 6.07) is 0. The molecule has 1 atom stereocenters. The highest BCUT2D eigenvalue weighted by Gasteiger charge is 2.33. The van der Waals surface area contributed by atoms with Gasteiger partial charge >= 0.3 is 6.09 Å². The summed E-state index contributed by atoms with van der Waals surface area (Å²) in [4.78, 5) is 12.9. The van der Waals surface area contributed by atoms with Gasteiger partial charge < -0.3 is 9.64 Å². The lowest BCUT2D eigenvalue weighted by Gasteiger charge is -2.10. The Labute approximate surface area is 66.3 Å². The molecular formula is C8H13NO2. The lowest BCUT2D eigenvalue weighted by atomic mass is 10.3. The molecule has 1 saturated heterocycles. The first kappa shape index (κ1) is 6.95. The zero-order valence-electron chi connectivity index (χ0n) is 6.75. The number of carbonyl (C=O) groups excluding carboxylic acids is 1.